The number of nitrogens with zero attached hydrogens (tertiary/aromatic N) is 2. The van der Waals surface area contributed by atoms with Crippen molar-refractivity contribution in [2.24, 2.45) is 7.05 Å². The SMILES string of the molecule is Cn1cc(C(=O)Nc2ccccc2-c2ccc(F)c(Cl)c2)c(C(F)(F)Cl)n1. The number of hydrogen-bond acceptors (Lipinski definition) is 2. The quantitative estimate of drug-likeness (QED) is 0.580. The van der Waals surface area contributed by atoms with E-state index in [1.807, 2.05) is 0 Å². The summed E-state index contributed by atoms with van der Waals surface area (Å²) in [5.74, 6) is -1.38. The van der Waals surface area contributed by atoms with Crippen molar-refractivity contribution in [2.45, 2.75) is 5.38 Å². The minimum Gasteiger partial charge on any atom is -0.321 e. The fourth-order valence-corrected chi connectivity index (χ4v) is 2.88. The van der Waals surface area contributed by atoms with Crippen LogP contribution in [0.4, 0.5) is 18.9 Å². The zero-order chi connectivity index (χ0) is 19.8. The van der Waals surface area contributed by atoms with Crippen LogP contribution in [0.25, 0.3) is 11.1 Å². The Labute approximate surface area is 162 Å². The van der Waals surface area contributed by atoms with Crippen LogP contribution >= 0.6 is 23.2 Å². The number of benzene rings is 2. The summed E-state index contributed by atoms with van der Waals surface area (Å²) in [4.78, 5) is 12.6. The highest BCUT2D eigenvalue weighted by Crippen LogP contribution is 2.35. The van der Waals surface area contributed by atoms with Gasteiger partial charge in [0, 0.05) is 24.5 Å². The van der Waals surface area contributed by atoms with Gasteiger partial charge in [-0.25, -0.2) is 4.39 Å². The average molecular weight is 414 g/mol. The topological polar surface area (TPSA) is 46.9 Å². The van der Waals surface area contributed by atoms with Crippen molar-refractivity contribution in [1.82, 2.24) is 9.78 Å². The number of carbonyl (C=O) groups excluding carboxylic acids is 1. The van der Waals surface area contributed by atoms with Gasteiger partial charge in [0.05, 0.1) is 10.6 Å². The third kappa shape index (κ3) is 4.09. The molecule has 3 aromatic rings. The second-order valence-electron chi connectivity index (χ2n) is 5.69. The van der Waals surface area contributed by atoms with E-state index in [-0.39, 0.29) is 10.6 Å². The summed E-state index contributed by atoms with van der Waals surface area (Å²) < 4.78 is 41.5. The van der Waals surface area contributed by atoms with Crippen LogP contribution in [0.3, 0.4) is 0 Å². The monoisotopic (exact) mass is 413 g/mol. The molecule has 0 radical (unpaired) electrons. The number of aryl methyl sites for hydroxylation is 1. The summed E-state index contributed by atoms with van der Waals surface area (Å²) in [7, 11) is 1.40. The molecule has 0 aliphatic rings. The number of anilines is 1. The van der Waals surface area contributed by atoms with Crippen molar-refractivity contribution in [1.29, 1.82) is 0 Å². The minimum atomic E-state index is -3.79. The lowest BCUT2D eigenvalue weighted by Crippen LogP contribution is -2.17. The average Bonchev–Trinajstić information content (AvgIpc) is 3.00. The predicted octanol–water partition coefficient (Wildman–Crippen LogP) is 5.42. The van der Waals surface area contributed by atoms with Crippen LogP contribution in [0.1, 0.15) is 16.1 Å². The number of aromatic nitrogens is 2. The van der Waals surface area contributed by atoms with Gasteiger partial charge in [-0.15, -0.1) is 0 Å². The molecule has 0 atom stereocenters. The standard InChI is InChI=1S/C18H12Cl2F3N3O/c1-26-9-12(16(25-26)18(20,22)23)17(27)24-15-5-3-2-4-11(15)10-6-7-14(21)13(19)8-10/h2-9H,1H3,(H,24,27). The largest absolute Gasteiger partial charge is 0.367 e. The molecule has 3 rings (SSSR count). The summed E-state index contributed by atoms with van der Waals surface area (Å²) in [5.41, 5.74) is 0.219. The Kier molecular flexibility index (Phi) is 5.17. The number of hydrogen-bond donors (Lipinski definition) is 1. The van der Waals surface area contributed by atoms with E-state index in [9.17, 15) is 18.0 Å². The van der Waals surface area contributed by atoms with Crippen LogP contribution in [0, 0.1) is 5.82 Å². The lowest BCUT2D eigenvalue weighted by molar-refractivity contribution is 0.0849. The lowest BCUT2D eigenvalue weighted by atomic mass is 10.0. The van der Waals surface area contributed by atoms with Gasteiger partial charge in [0.1, 0.15) is 5.82 Å². The molecule has 27 heavy (non-hydrogen) atoms. The van der Waals surface area contributed by atoms with Crippen LogP contribution in [0.5, 0.6) is 0 Å². The molecular weight excluding hydrogens is 402 g/mol. The Morgan fingerprint density at radius 2 is 1.93 bits per heavy atom. The van der Waals surface area contributed by atoms with Crippen LogP contribution in [-0.4, -0.2) is 15.7 Å². The minimum absolute atomic E-state index is 0.0787. The maximum Gasteiger partial charge on any atom is 0.367 e. The number of carbonyl (C=O) groups is 1. The summed E-state index contributed by atoms with van der Waals surface area (Å²) in [6.07, 6.45) is 1.15. The molecule has 4 nitrogen and oxygen atoms in total. The first-order valence-corrected chi connectivity index (χ1v) is 8.39. The fraction of sp³-hybridized carbons (Fsp3) is 0.111. The molecule has 9 heteroatoms. The molecule has 1 heterocycles. The van der Waals surface area contributed by atoms with E-state index in [0.717, 1.165) is 10.9 Å². The molecule has 1 amide bonds. The van der Waals surface area contributed by atoms with Crippen LogP contribution in [-0.2, 0) is 12.4 Å². The van der Waals surface area contributed by atoms with Crippen LogP contribution in [0.2, 0.25) is 5.02 Å². The molecule has 2 aromatic carbocycles. The third-order valence-corrected chi connectivity index (χ3v) is 4.22. The summed E-state index contributed by atoms with van der Waals surface area (Å²) >= 11 is 10.9. The third-order valence-electron chi connectivity index (χ3n) is 3.75. The van der Waals surface area contributed by atoms with Crippen molar-refractivity contribution in [3.8, 4) is 11.1 Å². The Hall–Kier alpha value is -2.51. The van der Waals surface area contributed by atoms with Gasteiger partial charge in [0.25, 0.3) is 5.91 Å². The number of rotatable bonds is 4. The first-order chi connectivity index (χ1) is 12.7. The Balaban J connectivity index is 1.98. The second kappa shape index (κ2) is 7.25. The molecular formula is C18H12Cl2F3N3O. The predicted molar refractivity (Wildman–Crippen MR) is 97.8 cm³/mol. The maximum atomic E-state index is 13.5. The Morgan fingerprint density at radius 3 is 2.59 bits per heavy atom. The fourth-order valence-electron chi connectivity index (χ4n) is 2.56. The van der Waals surface area contributed by atoms with E-state index in [4.69, 9.17) is 23.2 Å². The molecule has 0 bridgehead atoms. The van der Waals surface area contributed by atoms with Gasteiger partial charge in [-0.1, -0.05) is 35.9 Å². The van der Waals surface area contributed by atoms with Crippen molar-refractivity contribution in [3.63, 3.8) is 0 Å². The highest BCUT2D eigenvalue weighted by atomic mass is 35.5. The molecule has 0 aliphatic carbocycles. The van der Waals surface area contributed by atoms with Gasteiger partial charge < -0.3 is 5.32 Å². The van der Waals surface area contributed by atoms with Crippen molar-refractivity contribution < 1.29 is 18.0 Å². The van der Waals surface area contributed by atoms with Crippen molar-refractivity contribution in [2.75, 3.05) is 5.32 Å². The van der Waals surface area contributed by atoms with Crippen molar-refractivity contribution in [3.05, 3.63) is 70.8 Å². The lowest BCUT2D eigenvalue weighted by Gasteiger charge is -2.12. The van der Waals surface area contributed by atoms with Gasteiger partial charge in [-0.2, -0.15) is 13.9 Å². The number of amides is 1. The van der Waals surface area contributed by atoms with Gasteiger partial charge >= 0.3 is 5.38 Å². The van der Waals surface area contributed by atoms with Gasteiger partial charge in [-0.05, 0) is 35.4 Å². The second-order valence-corrected chi connectivity index (χ2v) is 6.57. The van der Waals surface area contributed by atoms with Crippen LogP contribution < -0.4 is 5.32 Å². The highest BCUT2D eigenvalue weighted by molar-refractivity contribution is 6.31. The highest BCUT2D eigenvalue weighted by Gasteiger charge is 2.36. The van der Waals surface area contributed by atoms with E-state index in [2.05, 4.69) is 10.4 Å². The molecule has 1 aromatic heterocycles. The number of para-hydroxylation sites is 1. The summed E-state index contributed by atoms with van der Waals surface area (Å²) in [6.45, 7) is 0. The number of alkyl halides is 3. The van der Waals surface area contributed by atoms with E-state index in [1.54, 1.807) is 24.3 Å². The number of nitrogens with one attached hydrogen (secondary N) is 1. The summed E-state index contributed by atoms with van der Waals surface area (Å²) in [6, 6.07) is 10.7. The first kappa shape index (κ1) is 19.3. The Morgan fingerprint density at radius 1 is 1.22 bits per heavy atom. The summed E-state index contributed by atoms with van der Waals surface area (Å²) in [5, 5.41) is 2.25. The van der Waals surface area contributed by atoms with Crippen molar-refractivity contribution >= 4 is 34.8 Å². The normalized spacial score (nSPS) is 11.5. The smallest absolute Gasteiger partial charge is 0.321 e. The first-order valence-electron chi connectivity index (χ1n) is 7.63. The zero-order valence-electron chi connectivity index (χ0n) is 13.8. The Bertz CT molecular complexity index is 1020. The van der Waals surface area contributed by atoms with Gasteiger partial charge in [0.15, 0.2) is 5.69 Å². The molecule has 0 saturated carbocycles. The molecule has 0 saturated heterocycles. The molecule has 0 fully saturated rings. The van der Waals surface area contributed by atoms with Gasteiger partial charge in [-0.3, -0.25) is 9.48 Å². The van der Waals surface area contributed by atoms with E-state index in [0.29, 0.717) is 16.8 Å². The molecule has 140 valence electrons. The number of halogens is 5. The van der Waals surface area contributed by atoms with E-state index >= 15 is 0 Å². The molecule has 0 spiro atoms. The van der Waals surface area contributed by atoms with Crippen LogP contribution in [0.15, 0.2) is 48.7 Å². The zero-order valence-corrected chi connectivity index (χ0v) is 15.3. The van der Waals surface area contributed by atoms with Gasteiger partial charge in [0.2, 0.25) is 0 Å². The molecule has 0 aliphatic heterocycles. The van der Waals surface area contributed by atoms with E-state index in [1.165, 1.54) is 25.2 Å². The maximum absolute atomic E-state index is 13.5. The molecule has 1 N–H and O–H groups in total. The molecule has 0 unspecified atom stereocenters. The van der Waals surface area contributed by atoms with E-state index < -0.39 is 22.8 Å².